The minimum Gasteiger partial charge on any atom is -0.331 e. The van der Waals surface area contributed by atoms with Crippen LogP contribution in [0, 0.1) is 0 Å². The Bertz CT molecular complexity index is 1220. The Morgan fingerprint density at radius 2 is 1.83 bits per heavy atom. The van der Waals surface area contributed by atoms with Crippen LogP contribution in [0.2, 0.25) is 0 Å². The zero-order chi connectivity index (χ0) is 19.9. The van der Waals surface area contributed by atoms with Gasteiger partial charge >= 0.3 is 0 Å². The molecule has 3 aromatic heterocycles. The molecule has 8 heteroatoms. The maximum Gasteiger partial charge on any atom is 0.216 e. The minimum atomic E-state index is -0.110. The summed E-state index contributed by atoms with van der Waals surface area (Å²) < 4.78 is 2.24. The van der Waals surface area contributed by atoms with Crippen LogP contribution in [0.25, 0.3) is 11.0 Å². The van der Waals surface area contributed by atoms with E-state index in [-0.39, 0.29) is 6.17 Å². The number of guanidine groups is 1. The number of pyridine rings is 2. The van der Waals surface area contributed by atoms with E-state index in [0.717, 1.165) is 35.0 Å². The molecule has 6 rings (SSSR count). The Kier molecular flexibility index (Phi) is 3.95. The molecular formula is C22H20N8. The number of nitrogens with one attached hydrogen (secondary N) is 1. The highest BCUT2D eigenvalue weighted by atomic mass is 15.5. The van der Waals surface area contributed by atoms with E-state index in [1.807, 2.05) is 36.7 Å². The first kappa shape index (κ1) is 17.1. The van der Waals surface area contributed by atoms with Gasteiger partial charge in [-0.1, -0.05) is 24.3 Å². The predicted octanol–water partition coefficient (Wildman–Crippen LogP) is 2.57. The van der Waals surface area contributed by atoms with Crippen LogP contribution in [0.3, 0.4) is 0 Å². The molecular weight excluding hydrogens is 376 g/mol. The van der Waals surface area contributed by atoms with Crippen molar-refractivity contribution in [3.8, 4) is 0 Å². The van der Waals surface area contributed by atoms with Crippen molar-refractivity contribution >= 4 is 22.9 Å². The largest absolute Gasteiger partial charge is 0.331 e. The highest BCUT2D eigenvalue weighted by Gasteiger charge is 2.35. The molecule has 1 aromatic carbocycles. The minimum absolute atomic E-state index is 0.110. The van der Waals surface area contributed by atoms with E-state index in [2.05, 4.69) is 53.9 Å². The van der Waals surface area contributed by atoms with Crippen molar-refractivity contribution in [3.05, 3.63) is 84.4 Å². The summed E-state index contributed by atoms with van der Waals surface area (Å²) in [6.45, 7) is 2.10. The van der Waals surface area contributed by atoms with Crippen molar-refractivity contribution in [2.45, 2.75) is 12.7 Å². The lowest BCUT2D eigenvalue weighted by Gasteiger charge is -2.41. The Balaban J connectivity index is 1.42. The standard InChI is InChI=1S/C22H20N8/c1-2-8-19-18(7-1)26-22-29-15-28(13-16-5-3-9-23-11-16)14-25-21(29)27-20(30(19)22)17-6-4-10-24-12-17/h1-12,20H,13-15H2,(H,25,27)/t20-/m0/s1. The molecule has 0 fully saturated rings. The molecule has 0 aliphatic carbocycles. The first-order valence-corrected chi connectivity index (χ1v) is 9.93. The third-order valence-electron chi connectivity index (χ3n) is 5.49. The molecule has 5 heterocycles. The van der Waals surface area contributed by atoms with Crippen molar-refractivity contribution in [2.24, 2.45) is 4.99 Å². The van der Waals surface area contributed by atoms with Gasteiger partial charge in [-0.3, -0.25) is 24.3 Å². The van der Waals surface area contributed by atoms with Gasteiger partial charge in [-0.25, -0.2) is 9.98 Å². The predicted molar refractivity (Wildman–Crippen MR) is 115 cm³/mol. The second-order valence-electron chi connectivity index (χ2n) is 7.49. The van der Waals surface area contributed by atoms with Gasteiger partial charge in [0, 0.05) is 36.9 Å². The van der Waals surface area contributed by atoms with Crippen molar-refractivity contribution in [3.63, 3.8) is 0 Å². The van der Waals surface area contributed by atoms with E-state index in [4.69, 9.17) is 9.98 Å². The molecule has 0 radical (unpaired) electrons. The fourth-order valence-electron chi connectivity index (χ4n) is 4.13. The topological polar surface area (TPSA) is 74.5 Å². The molecule has 0 spiro atoms. The van der Waals surface area contributed by atoms with Gasteiger partial charge in [0.05, 0.1) is 24.4 Å². The average molecular weight is 396 g/mol. The highest BCUT2D eigenvalue weighted by molar-refractivity contribution is 5.98. The van der Waals surface area contributed by atoms with Gasteiger partial charge in [-0.15, -0.1) is 0 Å². The molecule has 30 heavy (non-hydrogen) atoms. The Hall–Kier alpha value is -3.78. The number of aliphatic imine (C=N–C) groups is 1. The van der Waals surface area contributed by atoms with Gasteiger partial charge in [0.2, 0.25) is 11.9 Å². The zero-order valence-corrected chi connectivity index (χ0v) is 16.3. The van der Waals surface area contributed by atoms with Crippen molar-refractivity contribution in [1.29, 1.82) is 0 Å². The van der Waals surface area contributed by atoms with Crippen LogP contribution in [-0.2, 0) is 6.54 Å². The van der Waals surface area contributed by atoms with Crippen LogP contribution in [0.1, 0.15) is 17.3 Å². The van der Waals surface area contributed by atoms with Gasteiger partial charge in [-0.2, -0.15) is 0 Å². The Morgan fingerprint density at radius 3 is 2.67 bits per heavy atom. The number of fused-ring (bicyclic) bond motifs is 5. The first-order valence-electron chi connectivity index (χ1n) is 9.93. The summed E-state index contributed by atoms with van der Waals surface area (Å²) in [5, 5.41) is 3.61. The number of rotatable bonds is 3. The fourth-order valence-corrected chi connectivity index (χ4v) is 4.13. The highest BCUT2D eigenvalue weighted by Crippen LogP contribution is 2.33. The molecule has 2 aliphatic rings. The number of imidazole rings is 1. The van der Waals surface area contributed by atoms with Gasteiger partial charge < -0.3 is 5.32 Å². The molecule has 2 aliphatic heterocycles. The molecule has 0 unspecified atom stereocenters. The number of benzene rings is 1. The first-order chi connectivity index (χ1) is 14.9. The van der Waals surface area contributed by atoms with E-state index in [9.17, 15) is 0 Å². The SMILES string of the molecule is c1cncc(CN2CN=C3N[C@H](c4cccnc4)n4c(nc5ccccc54)N3C2)c1. The zero-order valence-electron chi connectivity index (χ0n) is 16.3. The second kappa shape index (κ2) is 6.93. The molecule has 8 nitrogen and oxygen atoms in total. The van der Waals surface area contributed by atoms with Crippen LogP contribution < -0.4 is 10.2 Å². The molecule has 1 atom stereocenters. The van der Waals surface area contributed by atoms with Crippen LogP contribution in [-0.4, -0.2) is 43.7 Å². The quantitative estimate of drug-likeness (QED) is 0.574. The third-order valence-corrected chi connectivity index (χ3v) is 5.49. The molecule has 1 N–H and O–H groups in total. The van der Waals surface area contributed by atoms with Crippen molar-refractivity contribution < 1.29 is 0 Å². The lowest BCUT2D eigenvalue weighted by atomic mass is 10.2. The summed E-state index contributed by atoms with van der Waals surface area (Å²) in [6, 6.07) is 16.3. The lowest BCUT2D eigenvalue weighted by molar-refractivity contribution is 0.263. The average Bonchev–Trinajstić information content (AvgIpc) is 3.20. The van der Waals surface area contributed by atoms with E-state index >= 15 is 0 Å². The Labute approximate surface area is 173 Å². The summed E-state index contributed by atoms with van der Waals surface area (Å²) in [4.78, 5) is 22.8. The Morgan fingerprint density at radius 1 is 0.967 bits per heavy atom. The summed E-state index contributed by atoms with van der Waals surface area (Å²) in [5.41, 5.74) is 4.29. The normalized spacial score (nSPS) is 18.5. The summed E-state index contributed by atoms with van der Waals surface area (Å²) in [7, 11) is 0. The lowest BCUT2D eigenvalue weighted by Crippen LogP contribution is -2.57. The molecule has 0 saturated carbocycles. The number of hydrogen-bond donors (Lipinski definition) is 1. The molecule has 0 bridgehead atoms. The van der Waals surface area contributed by atoms with Gasteiger partial charge in [-0.05, 0) is 29.8 Å². The molecule has 0 saturated heterocycles. The number of nitrogens with zero attached hydrogens (tertiary/aromatic N) is 7. The summed E-state index contributed by atoms with van der Waals surface area (Å²) >= 11 is 0. The van der Waals surface area contributed by atoms with Gasteiger partial charge in [0.1, 0.15) is 6.17 Å². The van der Waals surface area contributed by atoms with Gasteiger partial charge in [0.15, 0.2) is 0 Å². The van der Waals surface area contributed by atoms with Crippen molar-refractivity contribution in [1.82, 2.24) is 29.7 Å². The van der Waals surface area contributed by atoms with Crippen LogP contribution in [0.15, 0.2) is 78.3 Å². The summed E-state index contributed by atoms with van der Waals surface area (Å²) in [5.74, 6) is 1.73. The maximum absolute atomic E-state index is 4.96. The summed E-state index contributed by atoms with van der Waals surface area (Å²) in [6.07, 6.45) is 7.28. The van der Waals surface area contributed by atoms with Crippen LogP contribution in [0.4, 0.5) is 5.95 Å². The van der Waals surface area contributed by atoms with Crippen LogP contribution >= 0.6 is 0 Å². The van der Waals surface area contributed by atoms with E-state index in [0.29, 0.717) is 13.3 Å². The van der Waals surface area contributed by atoms with E-state index < -0.39 is 0 Å². The number of para-hydroxylation sites is 2. The van der Waals surface area contributed by atoms with Crippen LogP contribution in [0.5, 0.6) is 0 Å². The van der Waals surface area contributed by atoms with E-state index in [1.54, 1.807) is 12.4 Å². The number of aromatic nitrogens is 4. The fraction of sp³-hybridized carbons (Fsp3) is 0.182. The third kappa shape index (κ3) is 2.81. The maximum atomic E-state index is 4.96. The second-order valence-corrected chi connectivity index (χ2v) is 7.49. The van der Waals surface area contributed by atoms with Gasteiger partial charge in [0.25, 0.3) is 0 Å². The smallest absolute Gasteiger partial charge is 0.216 e. The van der Waals surface area contributed by atoms with Crippen molar-refractivity contribution in [2.75, 3.05) is 18.2 Å². The molecule has 0 amide bonds. The molecule has 148 valence electrons. The van der Waals surface area contributed by atoms with E-state index in [1.165, 1.54) is 5.56 Å². The number of anilines is 1. The number of hydrogen-bond acceptors (Lipinski definition) is 7. The molecule has 4 aromatic rings. The monoisotopic (exact) mass is 396 g/mol.